The molecule has 20 heavy (non-hydrogen) atoms. The average Bonchev–Trinajstić information content (AvgIpc) is 2.92. The lowest BCUT2D eigenvalue weighted by Crippen LogP contribution is -2.54. The molecule has 0 aromatic carbocycles. The van der Waals surface area contributed by atoms with Crippen LogP contribution in [0.2, 0.25) is 0 Å². The summed E-state index contributed by atoms with van der Waals surface area (Å²) in [6.07, 6.45) is 4.19. The fraction of sp³-hybridized carbons (Fsp3) is 0.625. The second-order valence-electron chi connectivity index (χ2n) is 5.69. The normalized spacial score (nSPS) is 23.9. The van der Waals surface area contributed by atoms with E-state index in [1.807, 2.05) is 11.3 Å². The van der Waals surface area contributed by atoms with Crippen LogP contribution < -0.4 is 5.73 Å². The Morgan fingerprint density at radius 3 is 3.10 bits per heavy atom. The van der Waals surface area contributed by atoms with Crippen molar-refractivity contribution in [1.29, 1.82) is 0 Å². The van der Waals surface area contributed by atoms with Gasteiger partial charge in [-0.25, -0.2) is 0 Å². The smallest absolute Gasteiger partial charge is 0.0772 e. The van der Waals surface area contributed by atoms with Crippen molar-refractivity contribution < 1.29 is 0 Å². The Labute approximate surface area is 125 Å². The van der Waals surface area contributed by atoms with Crippen LogP contribution in [-0.4, -0.2) is 48.6 Å². The molecule has 2 aliphatic rings. The number of rotatable bonds is 2. The lowest BCUT2D eigenvalue weighted by atomic mass is 9.99. The van der Waals surface area contributed by atoms with Crippen LogP contribution in [-0.2, 0) is 6.54 Å². The van der Waals surface area contributed by atoms with Crippen molar-refractivity contribution in [3.05, 3.63) is 21.9 Å². The van der Waals surface area contributed by atoms with Gasteiger partial charge in [-0.15, -0.1) is 11.3 Å². The molecule has 2 aliphatic heterocycles. The van der Waals surface area contributed by atoms with Crippen LogP contribution >= 0.6 is 11.3 Å². The maximum Gasteiger partial charge on any atom is 0.0772 e. The molecule has 1 aromatic heterocycles. The Hall–Kier alpha value is -0.860. The molecule has 2 saturated heterocycles. The Morgan fingerprint density at radius 2 is 2.20 bits per heavy atom. The number of nitrogens with zero attached hydrogens (tertiary/aromatic N) is 2. The van der Waals surface area contributed by atoms with E-state index < -0.39 is 0 Å². The first-order valence-corrected chi connectivity index (χ1v) is 8.41. The van der Waals surface area contributed by atoms with Gasteiger partial charge in [0.2, 0.25) is 0 Å². The molecular weight excluding hydrogens is 266 g/mol. The van der Waals surface area contributed by atoms with E-state index in [-0.39, 0.29) is 0 Å². The van der Waals surface area contributed by atoms with E-state index in [9.17, 15) is 0 Å². The molecule has 3 nitrogen and oxygen atoms in total. The van der Waals surface area contributed by atoms with Crippen molar-refractivity contribution in [3.63, 3.8) is 0 Å². The molecule has 108 valence electrons. The summed E-state index contributed by atoms with van der Waals surface area (Å²) in [6, 6.07) is 5.15. The van der Waals surface area contributed by atoms with Crippen LogP contribution in [0.1, 0.15) is 29.0 Å². The zero-order valence-electron chi connectivity index (χ0n) is 12.0. The van der Waals surface area contributed by atoms with Crippen molar-refractivity contribution in [1.82, 2.24) is 9.80 Å². The lowest BCUT2D eigenvalue weighted by molar-refractivity contribution is 0.0461. The summed E-state index contributed by atoms with van der Waals surface area (Å²) in [5.41, 5.74) is 5.41. The third-order valence-electron chi connectivity index (χ3n) is 4.28. The number of piperazine rings is 1. The molecule has 0 saturated carbocycles. The highest BCUT2D eigenvalue weighted by molar-refractivity contribution is 7.12. The van der Waals surface area contributed by atoms with E-state index in [1.54, 1.807) is 0 Å². The molecule has 0 aliphatic carbocycles. The van der Waals surface area contributed by atoms with E-state index >= 15 is 0 Å². The van der Waals surface area contributed by atoms with Crippen LogP contribution in [0.4, 0.5) is 0 Å². The summed E-state index contributed by atoms with van der Waals surface area (Å²) in [6.45, 7) is 6.53. The van der Waals surface area contributed by atoms with Crippen molar-refractivity contribution in [2.24, 2.45) is 5.73 Å². The van der Waals surface area contributed by atoms with Crippen molar-refractivity contribution in [2.45, 2.75) is 31.8 Å². The summed E-state index contributed by atoms with van der Waals surface area (Å²) >= 11 is 1.81. The fourth-order valence-electron chi connectivity index (χ4n) is 3.25. The highest BCUT2D eigenvalue weighted by atomic mass is 32.1. The summed E-state index contributed by atoms with van der Waals surface area (Å²) in [4.78, 5) is 7.86. The van der Waals surface area contributed by atoms with Crippen LogP contribution in [0.3, 0.4) is 0 Å². The van der Waals surface area contributed by atoms with Crippen LogP contribution in [0.25, 0.3) is 0 Å². The number of thiophene rings is 1. The molecule has 0 amide bonds. The first-order chi connectivity index (χ1) is 9.85. The van der Waals surface area contributed by atoms with Gasteiger partial charge in [-0.05, 0) is 31.5 Å². The quantitative estimate of drug-likeness (QED) is 0.842. The monoisotopic (exact) mass is 289 g/mol. The molecule has 0 spiro atoms. The van der Waals surface area contributed by atoms with E-state index in [2.05, 4.69) is 33.8 Å². The third kappa shape index (κ3) is 3.42. The van der Waals surface area contributed by atoms with Gasteiger partial charge in [0, 0.05) is 37.1 Å². The molecule has 3 heterocycles. The molecule has 1 unspecified atom stereocenters. The average molecular weight is 289 g/mol. The van der Waals surface area contributed by atoms with E-state index in [1.165, 1.54) is 50.3 Å². The molecular formula is C16H23N3S. The zero-order valence-corrected chi connectivity index (χ0v) is 12.8. The summed E-state index contributed by atoms with van der Waals surface area (Å²) < 4.78 is 0. The second-order valence-corrected chi connectivity index (χ2v) is 6.86. The van der Waals surface area contributed by atoms with Crippen molar-refractivity contribution in [2.75, 3.05) is 32.7 Å². The lowest BCUT2D eigenvalue weighted by Gasteiger charge is -2.44. The van der Waals surface area contributed by atoms with Gasteiger partial charge in [-0.1, -0.05) is 18.3 Å². The van der Waals surface area contributed by atoms with Gasteiger partial charge in [0.1, 0.15) is 0 Å². The maximum atomic E-state index is 5.41. The first-order valence-electron chi connectivity index (χ1n) is 7.59. The van der Waals surface area contributed by atoms with E-state index in [4.69, 9.17) is 5.73 Å². The number of hydrogen-bond acceptors (Lipinski definition) is 4. The van der Waals surface area contributed by atoms with Gasteiger partial charge in [0.05, 0.1) is 11.4 Å². The van der Waals surface area contributed by atoms with Gasteiger partial charge < -0.3 is 5.73 Å². The minimum absolute atomic E-state index is 0.441. The molecule has 0 bridgehead atoms. The Balaban J connectivity index is 1.56. The highest BCUT2D eigenvalue weighted by Crippen LogP contribution is 2.24. The number of fused-ring (bicyclic) bond motifs is 1. The highest BCUT2D eigenvalue weighted by Gasteiger charge is 2.28. The first kappa shape index (κ1) is 14.1. The van der Waals surface area contributed by atoms with E-state index in [0.29, 0.717) is 6.54 Å². The third-order valence-corrected chi connectivity index (χ3v) is 5.26. The Kier molecular flexibility index (Phi) is 4.74. The van der Waals surface area contributed by atoms with Crippen LogP contribution in [0.15, 0.2) is 12.1 Å². The predicted octanol–water partition coefficient (Wildman–Crippen LogP) is 1.73. The minimum Gasteiger partial charge on any atom is -0.320 e. The van der Waals surface area contributed by atoms with Gasteiger partial charge >= 0.3 is 0 Å². The fourth-order valence-corrected chi connectivity index (χ4v) is 4.18. The van der Waals surface area contributed by atoms with Crippen molar-refractivity contribution in [3.8, 4) is 11.8 Å². The number of nitrogens with two attached hydrogens (primary N) is 1. The SMILES string of the molecule is NCC#Cc1ccc(CN2CCN3CCCCC3C2)s1. The summed E-state index contributed by atoms with van der Waals surface area (Å²) in [5, 5.41) is 0. The van der Waals surface area contributed by atoms with E-state index in [0.717, 1.165) is 17.5 Å². The van der Waals surface area contributed by atoms with Crippen molar-refractivity contribution >= 4 is 11.3 Å². The molecule has 4 heteroatoms. The van der Waals surface area contributed by atoms with Gasteiger partial charge in [-0.3, -0.25) is 9.80 Å². The van der Waals surface area contributed by atoms with Gasteiger partial charge in [-0.2, -0.15) is 0 Å². The van der Waals surface area contributed by atoms with Gasteiger partial charge in [0.15, 0.2) is 0 Å². The Morgan fingerprint density at radius 1 is 1.25 bits per heavy atom. The number of hydrogen-bond donors (Lipinski definition) is 1. The summed E-state index contributed by atoms with van der Waals surface area (Å²) in [7, 11) is 0. The standard InChI is InChI=1S/C16H23N3S/c17-8-3-5-15-6-7-16(20-15)13-18-10-11-19-9-2-1-4-14(19)12-18/h6-7,14H,1-2,4,8-13,17H2. The van der Waals surface area contributed by atoms with Crippen LogP contribution in [0.5, 0.6) is 0 Å². The molecule has 2 N–H and O–H groups in total. The minimum atomic E-state index is 0.441. The van der Waals surface area contributed by atoms with Gasteiger partial charge in [0.25, 0.3) is 0 Å². The molecule has 1 aromatic rings. The molecule has 2 fully saturated rings. The second kappa shape index (κ2) is 6.73. The molecule has 0 radical (unpaired) electrons. The predicted molar refractivity (Wildman–Crippen MR) is 84.7 cm³/mol. The topological polar surface area (TPSA) is 32.5 Å². The molecule has 3 rings (SSSR count). The maximum absolute atomic E-state index is 5.41. The zero-order chi connectivity index (χ0) is 13.8. The summed E-state index contributed by atoms with van der Waals surface area (Å²) in [5.74, 6) is 6.05. The Bertz CT molecular complexity index is 499. The van der Waals surface area contributed by atoms with Crippen LogP contribution in [0, 0.1) is 11.8 Å². The number of piperidine rings is 1. The molecule has 1 atom stereocenters. The largest absolute Gasteiger partial charge is 0.320 e.